The van der Waals surface area contributed by atoms with Crippen molar-refractivity contribution in [1.82, 2.24) is 10.2 Å². The molecule has 0 radical (unpaired) electrons. The Hall–Kier alpha value is -0.900. The molecule has 0 aromatic heterocycles. The Bertz CT molecular complexity index is 256. The molecule has 2 heterocycles. The standard InChI is InChI=1S/C9H14N2O2/c1-11-7(12)6-9(8(11)13)2-4-10-5-3-9/h10H,2-6H2,1H3. The second-order valence-electron chi connectivity index (χ2n) is 3.97. The van der Waals surface area contributed by atoms with Crippen LogP contribution in [0.5, 0.6) is 0 Å². The Morgan fingerprint density at radius 3 is 2.38 bits per heavy atom. The topological polar surface area (TPSA) is 49.4 Å². The quantitative estimate of drug-likeness (QED) is 0.525. The summed E-state index contributed by atoms with van der Waals surface area (Å²) in [5.74, 6) is 0.00546. The minimum atomic E-state index is -0.350. The maximum absolute atomic E-state index is 11.8. The first kappa shape index (κ1) is 8.69. The number of hydrogen-bond donors (Lipinski definition) is 1. The largest absolute Gasteiger partial charge is 0.317 e. The van der Waals surface area contributed by atoms with E-state index < -0.39 is 0 Å². The third-order valence-electron chi connectivity index (χ3n) is 3.18. The first-order chi connectivity index (χ1) is 6.16. The second kappa shape index (κ2) is 2.80. The Balaban J connectivity index is 2.23. The summed E-state index contributed by atoms with van der Waals surface area (Å²) in [5.41, 5.74) is -0.350. The van der Waals surface area contributed by atoms with E-state index in [0.717, 1.165) is 25.9 Å². The fourth-order valence-corrected chi connectivity index (χ4v) is 2.25. The number of nitrogens with zero attached hydrogens (tertiary/aromatic N) is 1. The average molecular weight is 182 g/mol. The molecule has 1 spiro atoms. The number of amides is 2. The highest BCUT2D eigenvalue weighted by Crippen LogP contribution is 2.39. The molecule has 72 valence electrons. The van der Waals surface area contributed by atoms with Crippen molar-refractivity contribution in [1.29, 1.82) is 0 Å². The number of imide groups is 1. The number of hydrogen-bond acceptors (Lipinski definition) is 3. The van der Waals surface area contributed by atoms with Gasteiger partial charge in [0, 0.05) is 13.5 Å². The van der Waals surface area contributed by atoms with E-state index in [4.69, 9.17) is 0 Å². The number of carbonyl (C=O) groups excluding carboxylic acids is 2. The number of likely N-dealkylation sites (tertiary alicyclic amines) is 1. The number of nitrogens with one attached hydrogen (secondary N) is 1. The smallest absolute Gasteiger partial charge is 0.235 e. The minimum Gasteiger partial charge on any atom is -0.317 e. The van der Waals surface area contributed by atoms with Gasteiger partial charge >= 0.3 is 0 Å². The van der Waals surface area contributed by atoms with Gasteiger partial charge in [-0.25, -0.2) is 0 Å². The van der Waals surface area contributed by atoms with Gasteiger partial charge in [-0.2, -0.15) is 0 Å². The third-order valence-corrected chi connectivity index (χ3v) is 3.18. The van der Waals surface area contributed by atoms with E-state index >= 15 is 0 Å². The van der Waals surface area contributed by atoms with Crippen molar-refractivity contribution < 1.29 is 9.59 Å². The van der Waals surface area contributed by atoms with Gasteiger partial charge in [0.2, 0.25) is 11.8 Å². The van der Waals surface area contributed by atoms with E-state index in [1.165, 1.54) is 4.90 Å². The summed E-state index contributed by atoms with van der Waals surface area (Å²) in [6.07, 6.45) is 2.04. The SMILES string of the molecule is CN1C(=O)CC2(CCNCC2)C1=O. The predicted molar refractivity (Wildman–Crippen MR) is 46.9 cm³/mol. The van der Waals surface area contributed by atoms with Gasteiger partial charge in [0.15, 0.2) is 0 Å². The molecule has 0 aromatic rings. The Kier molecular flexibility index (Phi) is 1.87. The maximum Gasteiger partial charge on any atom is 0.235 e. The summed E-state index contributed by atoms with van der Waals surface area (Å²) in [4.78, 5) is 24.4. The molecule has 2 amide bonds. The summed E-state index contributed by atoms with van der Waals surface area (Å²) in [6, 6.07) is 0. The Labute approximate surface area is 77.3 Å². The van der Waals surface area contributed by atoms with Gasteiger partial charge in [-0.3, -0.25) is 14.5 Å². The van der Waals surface area contributed by atoms with Gasteiger partial charge in [0.1, 0.15) is 0 Å². The van der Waals surface area contributed by atoms with Crippen LogP contribution in [0.3, 0.4) is 0 Å². The van der Waals surface area contributed by atoms with Gasteiger partial charge in [0.05, 0.1) is 5.41 Å². The van der Waals surface area contributed by atoms with E-state index in [1.54, 1.807) is 7.05 Å². The average Bonchev–Trinajstić information content (AvgIpc) is 2.33. The molecule has 4 nitrogen and oxygen atoms in total. The number of piperidine rings is 1. The molecule has 0 saturated carbocycles. The van der Waals surface area contributed by atoms with Crippen LogP contribution in [0.15, 0.2) is 0 Å². The van der Waals surface area contributed by atoms with Crippen molar-refractivity contribution >= 4 is 11.8 Å². The third kappa shape index (κ3) is 1.16. The van der Waals surface area contributed by atoms with Crippen LogP contribution in [0.25, 0.3) is 0 Å². The highest BCUT2D eigenvalue weighted by molar-refractivity contribution is 6.05. The number of rotatable bonds is 0. The molecule has 0 bridgehead atoms. The fraction of sp³-hybridized carbons (Fsp3) is 0.778. The Morgan fingerprint density at radius 1 is 1.31 bits per heavy atom. The van der Waals surface area contributed by atoms with E-state index in [1.807, 2.05) is 0 Å². The Morgan fingerprint density at radius 2 is 1.92 bits per heavy atom. The fourth-order valence-electron chi connectivity index (χ4n) is 2.25. The van der Waals surface area contributed by atoms with Crippen LogP contribution in [-0.4, -0.2) is 36.9 Å². The molecular formula is C9H14N2O2. The van der Waals surface area contributed by atoms with Crippen LogP contribution >= 0.6 is 0 Å². The minimum absolute atomic E-state index is 0.0214. The molecule has 2 fully saturated rings. The van der Waals surface area contributed by atoms with E-state index in [9.17, 15) is 9.59 Å². The van der Waals surface area contributed by atoms with Gasteiger partial charge in [-0.1, -0.05) is 0 Å². The van der Waals surface area contributed by atoms with E-state index in [2.05, 4.69) is 5.32 Å². The monoisotopic (exact) mass is 182 g/mol. The molecule has 0 aromatic carbocycles. The zero-order valence-electron chi connectivity index (χ0n) is 7.80. The van der Waals surface area contributed by atoms with Crippen LogP contribution in [0.1, 0.15) is 19.3 Å². The molecule has 4 heteroatoms. The van der Waals surface area contributed by atoms with Crippen molar-refractivity contribution in [3.63, 3.8) is 0 Å². The summed E-state index contributed by atoms with van der Waals surface area (Å²) >= 11 is 0. The lowest BCUT2D eigenvalue weighted by Crippen LogP contribution is -2.41. The summed E-state index contributed by atoms with van der Waals surface area (Å²) in [7, 11) is 1.58. The molecule has 2 aliphatic rings. The summed E-state index contributed by atoms with van der Waals surface area (Å²) < 4.78 is 0. The summed E-state index contributed by atoms with van der Waals surface area (Å²) in [6.45, 7) is 1.71. The van der Waals surface area contributed by atoms with Crippen LogP contribution < -0.4 is 5.32 Å². The van der Waals surface area contributed by atoms with Crippen LogP contribution in [0.4, 0.5) is 0 Å². The second-order valence-corrected chi connectivity index (χ2v) is 3.97. The molecule has 2 saturated heterocycles. The molecule has 13 heavy (non-hydrogen) atoms. The normalized spacial score (nSPS) is 27.3. The first-order valence-corrected chi connectivity index (χ1v) is 4.67. The van der Waals surface area contributed by atoms with Crippen molar-refractivity contribution in [3.05, 3.63) is 0 Å². The van der Waals surface area contributed by atoms with Gasteiger partial charge in [-0.05, 0) is 25.9 Å². The van der Waals surface area contributed by atoms with Gasteiger partial charge in [-0.15, -0.1) is 0 Å². The number of carbonyl (C=O) groups is 2. The molecule has 1 N–H and O–H groups in total. The van der Waals surface area contributed by atoms with Gasteiger partial charge in [0.25, 0.3) is 0 Å². The molecular weight excluding hydrogens is 168 g/mol. The molecule has 0 aliphatic carbocycles. The van der Waals surface area contributed by atoms with Gasteiger partial charge < -0.3 is 5.32 Å². The van der Waals surface area contributed by atoms with Crippen molar-refractivity contribution in [3.8, 4) is 0 Å². The zero-order chi connectivity index (χ0) is 9.47. The van der Waals surface area contributed by atoms with Crippen molar-refractivity contribution in [2.75, 3.05) is 20.1 Å². The highest BCUT2D eigenvalue weighted by Gasteiger charge is 2.49. The maximum atomic E-state index is 11.8. The van der Waals surface area contributed by atoms with Crippen molar-refractivity contribution in [2.24, 2.45) is 5.41 Å². The van der Waals surface area contributed by atoms with Crippen LogP contribution in [0.2, 0.25) is 0 Å². The van der Waals surface area contributed by atoms with E-state index in [-0.39, 0.29) is 17.2 Å². The van der Waals surface area contributed by atoms with Crippen molar-refractivity contribution in [2.45, 2.75) is 19.3 Å². The lowest BCUT2D eigenvalue weighted by molar-refractivity contribution is -0.140. The molecule has 0 unspecified atom stereocenters. The first-order valence-electron chi connectivity index (χ1n) is 4.67. The van der Waals surface area contributed by atoms with Crippen LogP contribution in [-0.2, 0) is 9.59 Å². The zero-order valence-corrected chi connectivity index (χ0v) is 7.80. The molecule has 2 rings (SSSR count). The van der Waals surface area contributed by atoms with E-state index in [0.29, 0.717) is 6.42 Å². The molecule has 2 aliphatic heterocycles. The summed E-state index contributed by atoms with van der Waals surface area (Å²) in [5, 5.41) is 3.20. The highest BCUT2D eigenvalue weighted by atomic mass is 16.2. The predicted octanol–water partition coefficient (Wildman–Crippen LogP) is -0.255. The molecule has 0 atom stereocenters. The van der Waals surface area contributed by atoms with Crippen LogP contribution in [0, 0.1) is 5.41 Å². The lowest BCUT2D eigenvalue weighted by Gasteiger charge is -2.30. The lowest BCUT2D eigenvalue weighted by atomic mass is 9.77.